The highest BCUT2D eigenvalue weighted by Crippen LogP contribution is 2.17. The van der Waals surface area contributed by atoms with Gasteiger partial charge in [-0.1, -0.05) is 23.7 Å². The van der Waals surface area contributed by atoms with E-state index < -0.39 is 0 Å². The maximum atomic E-state index is 7.69. The molecular formula is C11H15ClN2. The molecule has 1 aromatic rings. The Morgan fingerprint density at radius 2 is 2.07 bits per heavy atom. The molecular weight excluding hydrogens is 196 g/mol. The smallest absolute Gasteiger partial charge is 0.0997 e. The van der Waals surface area contributed by atoms with E-state index in [9.17, 15) is 0 Å². The summed E-state index contributed by atoms with van der Waals surface area (Å²) in [4.78, 5) is 1.80. The Bertz CT molecular complexity index is 345. The van der Waals surface area contributed by atoms with Gasteiger partial charge in [-0.25, -0.2) is 0 Å². The van der Waals surface area contributed by atoms with Gasteiger partial charge in [0, 0.05) is 25.5 Å². The van der Waals surface area contributed by atoms with Crippen LogP contribution in [0.25, 0.3) is 0 Å². The predicted octanol–water partition coefficient (Wildman–Crippen LogP) is 2.73. The summed E-state index contributed by atoms with van der Waals surface area (Å²) in [6.07, 6.45) is 0.632. The Kier molecular flexibility index (Phi) is 3.53. The molecule has 1 rings (SSSR count). The van der Waals surface area contributed by atoms with Gasteiger partial charge in [0.1, 0.15) is 0 Å². The number of aryl methyl sites for hydroxylation is 1. The predicted molar refractivity (Wildman–Crippen MR) is 61.3 cm³/mol. The Hall–Kier alpha value is -1.02. The van der Waals surface area contributed by atoms with E-state index in [2.05, 4.69) is 0 Å². The van der Waals surface area contributed by atoms with Crippen LogP contribution >= 0.6 is 11.6 Å². The molecule has 0 saturated carbocycles. The van der Waals surface area contributed by atoms with Gasteiger partial charge in [-0.15, -0.1) is 0 Å². The van der Waals surface area contributed by atoms with Gasteiger partial charge >= 0.3 is 0 Å². The van der Waals surface area contributed by atoms with Crippen molar-refractivity contribution in [2.24, 2.45) is 0 Å². The van der Waals surface area contributed by atoms with Gasteiger partial charge < -0.3 is 4.90 Å². The molecule has 76 valence electrons. The van der Waals surface area contributed by atoms with Crippen LogP contribution in [-0.4, -0.2) is 24.8 Å². The Morgan fingerprint density at radius 1 is 1.43 bits per heavy atom. The van der Waals surface area contributed by atoms with Crippen molar-refractivity contribution in [3.8, 4) is 0 Å². The van der Waals surface area contributed by atoms with Crippen LogP contribution in [0, 0.1) is 12.3 Å². The van der Waals surface area contributed by atoms with Crippen molar-refractivity contribution >= 4 is 17.4 Å². The largest absolute Gasteiger partial charge is 0.366 e. The Labute approximate surface area is 90.0 Å². The van der Waals surface area contributed by atoms with Crippen LogP contribution < -0.4 is 0 Å². The molecule has 0 aliphatic carbocycles. The molecule has 0 fully saturated rings. The van der Waals surface area contributed by atoms with Gasteiger partial charge in [0.15, 0.2) is 0 Å². The molecule has 0 heterocycles. The van der Waals surface area contributed by atoms with Crippen LogP contribution in [0.5, 0.6) is 0 Å². The number of hydrogen-bond acceptors (Lipinski definition) is 1. The van der Waals surface area contributed by atoms with Crippen LogP contribution in [0.3, 0.4) is 0 Å². The lowest BCUT2D eigenvalue weighted by Gasteiger charge is -2.13. The summed E-state index contributed by atoms with van der Waals surface area (Å²) in [5.41, 5.74) is 2.16. The zero-order chi connectivity index (χ0) is 10.7. The summed E-state index contributed by atoms with van der Waals surface area (Å²) in [6.45, 7) is 1.98. The summed E-state index contributed by atoms with van der Waals surface area (Å²) in [5, 5.41) is 8.46. The summed E-state index contributed by atoms with van der Waals surface area (Å²) in [7, 11) is 3.75. The number of benzene rings is 1. The number of halogens is 1. The fourth-order valence-electron chi connectivity index (χ4n) is 1.10. The maximum absolute atomic E-state index is 7.69. The third kappa shape index (κ3) is 2.74. The minimum Gasteiger partial charge on any atom is -0.366 e. The van der Waals surface area contributed by atoms with Gasteiger partial charge in [-0.05, 0) is 24.1 Å². The monoisotopic (exact) mass is 210 g/mol. The van der Waals surface area contributed by atoms with Crippen LogP contribution in [0.4, 0.5) is 0 Å². The molecule has 2 nitrogen and oxygen atoms in total. The second-order valence-corrected chi connectivity index (χ2v) is 4.01. The van der Waals surface area contributed by atoms with E-state index in [0.29, 0.717) is 12.3 Å². The summed E-state index contributed by atoms with van der Waals surface area (Å²) >= 11 is 5.99. The summed E-state index contributed by atoms with van der Waals surface area (Å²) in [5.74, 6) is 0.588. The molecule has 0 amide bonds. The van der Waals surface area contributed by atoms with Crippen molar-refractivity contribution < 1.29 is 0 Å². The first kappa shape index (κ1) is 11.1. The summed E-state index contributed by atoms with van der Waals surface area (Å²) in [6, 6.07) is 5.93. The number of likely N-dealkylation sites (N-methyl/N-ethyl adjacent to an activating group) is 1. The van der Waals surface area contributed by atoms with E-state index in [1.807, 2.05) is 39.2 Å². The van der Waals surface area contributed by atoms with Crippen LogP contribution in [-0.2, 0) is 6.42 Å². The Morgan fingerprint density at radius 3 is 2.57 bits per heavy atom. The van der Waals surface area contributed by atoms with Crippen LogP contribution in [0.2, 0.25) is 5.02 Å². The molecule has 0 aliphatic rings. The fourth-order valence-corrected chi connectivity index (χ4v) is 1.30. The van der Waals surface area contributed by atoms with Gasteiger partial charge in [0.05, 0.1) is 5.84 Å². The average molecular weight is 211 g/mol. The molecule has 3 heteroatoms. The molecule has 14 heavy (non-hydrogen) atoms. The van der Waals surface area contributed by atoms with Crippen molar-refractivity contribution in [1.82, 2.24) is 4.90 Å². The number of amidine groups is 1. The number of nitrogens with zero attached hydrogens (tertiary/aromatic N) is 1. The molecule has 0 aliphatic heterocycles. The Balaban J connectivity index is 2.78. The zero-order valence-corrected chi connectivity index (χ0v) is 9.52. The standard InChI is InChI=1S/C11H15ClN2/c1-8-4-5-9(6-10(8)12)7-11(13)14(2)3/h4-6,13H,7H2,1-3H3. The van der Waals surface area contributed by atoms with Crippen LogP contribution in [0.1, 0.15) is 11.1 Å². The summed E-state index contributed by atoms with van der Waals surface area (Å²) < 4.78 is 0. The van der Waals surface area contributed by atoms with Crippen molar-refractivity contribution in [3.63, 3.8) is 0 Å². The van der Waals surface area contributed by atoms with Gasteiger partial charge in [0.25, 0.3) is 0 Å². The second kappa shape index (κ2) is 4.47. The van der Waals surface area contributed by atoms with Crippen molar-refractivity contribution in [1.29, 1.82) is 5.41 Å². The fraction of sp³-hybridized carbons (Fsp3) is 0.364. The molecule has 0 unspecified atom stereocenters. The minimum atomic E-state index is 0.588. The molecule has 0 saturated heterocycles. The third-order valence-electron chi connectivity index (χ3n) is 2.15. The van der Waals surface area contributed by atoms with E-state index in [0.717, 1.165) is 16.1 Å². The van der Waals surface area contributed by atoms with Crippen LogP contribution in [0.15, 0.2) is 18.2 Å². The SMILES string of the molecule is Cc1ccc(CC(=N)N(C)C)cc1Cl. The molecule has 0 spiro atoms. The average Bonchev–Trinajstić information content (AvgIpc) is 2.11. The normalized spacial score (nSPS) is 10.0. The third-order valence-corrected chi connectivity index (χ3v) is 2.55. The number of hydrogen-bond donors (Lipinski definition) is 1. The van der Waals surface area contributed by atoms with Crippen molar-refractivity contribution in [2.75, 3.05) is 14.1 Å². The molecule has 0 atom stereocenters. The first-order chi connectivity index (χ1) is 6.50. The van der Waals surface area contributed by atoms with Gasteiger partial charge in [-0.3, -0.25) is 5.41 Å². The van der Waals surface area contributed by atoms with Crippen molar-refractivity contribution in [3.05, 3.63) is 34.3 Å². The number of nitrogens with one attached hydrogen (secondary N) is 1. The zero-order valence-electron chi connectivity index (χ0n) is 8.76. The minimum absolute atomic E-state index is 0.588. The van der Waals surface area contributed by atoms with E-state index >= 15 is 0 Å². The molecule has 0 radical (unpaired) electrons. The number of rotatable bonds is 2. The topological polar surface area (TPSA) is 27.1 Å². The second-order valence-electron chi connectivity index (χ2n) is 3.60. The quantitative estimate of drug-likeness (QED) is 0.590. The highest BCUT2D eigenvalue weighted by Gasteiger charge is 2.03. The molecule has 1 N–H and O–H groups in total. The van der Waals surface area contributed by atoms with E-state index in [-0.39, 0.29) is 0 Å². The lowest BCUT2D eigenvalue weighted by atomic mass is 10.1. The molecule has 1 aromatic carbocycles. The molecule has 0 bridgehead atoms. The van der Waals surface area contributed by atoms with Gasteiger partial charge in [0.2, 0.25) is 0 Å². The van der Waals surface area contributed by atoms with E-state index in [1.54, 1.807) is 4.90 Å². The van der Waals surface area contributed by atoms with Gasteiger partial charge in [-0.2, -0.15) is 0 Å². The lowest BCUT2D eigenvalue weighted by molar-refractivity contribution is 0.605. The van der Waals surface area contributed by atoms with Crippen molar-refractivity contribution in [2.45, 2.75) is 13.3 Å². The first-order valence-electron chi connectivity index (χ1n) is 4.50. The maximum Gasteiger partial charge on any atom is 0.0997 e. The lowest BCUT2D eigenvalue weighted by Crippen LogP contribution is -2.22. The highest BCUT2D eigenvalue weighted by atomic mass is 35.5. The van der Waals surface area contributed by atoms with E-state index in [1.165, 1.54) is 0 Å². The molecule has 0 aromatic heterocycles. The van der Waals surface area contributed by atoms with E-state index in [4.69, 9.17) is 17.0 Å². The first-order valence-corrected chi connectivity index (χ1v) is 4.88. The highest BCUT2D eigenvalue weighted by molar-refractivity contribution is 6.31.